The molecule has 0 aliphatic heterocycles. The molecule has 0 atom stereocenters. The molecular formula is C17H11N2. The van der Waals surface area contributed by atoms with Crippen molar-refractivity contribution in [3.05, 3.63) is 67.0 Å². The number of fused-ring (bicyclic) bond motifs is 2. The van der Waals surface area contributed by atoms with Crippen molar-refractivity contribution in [2.45, 2.75) is 0 Å². The van der Waals surface area contributed by atoms with Crippen LogP contribution < -0.4 is 0 Å². The van der Waals surface area contributed by atoms with E-state index in [4.69, 9.17) is 0 Å². The van der Waals surface area contributed by atoms with Gasteiger partial charge in [-0.15, -0.1) is 0 Å². The lowest BCUT2D eigenvalue weighted by Gasteiger charge is -2.05. The first-order valence-electron chi connectivity index (χ1n) is 6.25. The Morgan fingerprint density at radius 3 is 3.05 bits per heavy atom. The van der Waals surface area contributed by atoms with Gasteiger partial charge in [-0.05, 0) is 35.0 Å². The van der Waals surface area contributed by atoms with E-state index < -0.39 is 0 Å². The lowest BCUT2D eigenvalue weighted by Crippen LogP contribution is -1.85. The number of rotatable bonds is 1. The SMILES string of the molecule is [c]1cccc2c(-c3ccc4cc[nH]c4c3)nccc12. The van der Waals surface area contributed by atoms with E-state index in [2.05, 4.69) is 46.4 Å². The van der Waals surface area contributed by atoms with Gasteiger partial charge in [-0.1, -0.05) is 30.3 Å². The predicted molar refractivity (Wildman–Crippen MR) is 77.9 cm³/mol. The molecule has 0 aliphatic carbocycles. The predicted octanol–water partition coefficient (Wildman–Crippen LogP) is 4.18. The van der Waals surface area contributed by atoms with Gasteiger partial charge in [0, 0.05) is 28.9 Å². The number of nitrogens with zero attached hydrogens (tertiary/aromatic N) is 1. The minimum atomic E-state index is 1.01. The highest BCUT2D eigenvalue weighted by Crippen LogP contribution is 2.28. The Bertz CT molecular complexity index is 869. The quantitative estimate of drug-likeness (QED) is 0.533. The first-order valence-corrected chi connectivity index (χ1v) is 6.25. The molecule has 1 radical (unpaired) electrons. The van der Waals surface area contributed by atoms with E-state index in [-0.39, 0.29) is 0 Å². The van der Waals surface area contributed by atoms with E-state index in [0.29, 0.717) is 0 Å². The Morgan fingerprint density at radius 1 is 1.05 bits per heavy atom. The smallest absolute Gasteiger partial charge is 0.0781 e. The summed E-state index contributed by atoms with van der Waals surface area (Å²) in [7, 11) is 0. The number of benzene rings is 2. The molecule has 0 bridgehead atoms. The van der Waals surface area contributed by atoms with Gasteiger partial charge in [0.25, 0.3) is 0 Å². The van der Waals surface area contributed by atoms with Crippen LogP contribution in [0.5, 0.6) is 0 Å². The second-order valence-electron chi connectivity index (χ2n) is 4.57. The van der Waals surface area contributed by atoms with Gasteiger partial charge in [0.05, 0.1) is 5.69 Å². The third-order valence-corrected chi connectivity index (χ3v) is 3.42. The fourth-order valence-electron chi connectivity index (χ4n) is 2.48. The third-order valence-electron chi connectivity index (χ3n) is 3.42. The van der Waals surface area contributed by atoms with Gasteiger partial charge in [0.2, 0.25) is 0 Å². The molecule has 89 valence electrons. The number of hydrogen-bond donors (Lipinski definition) is 1. The molecule has 4 rings (SSSR count). The van der Waals surface area contributed by atoms with E-state index in [9.17, 15) is 0 Å². The summed E-state index contributed by atoms with van der Waals surface area (Å²) in [5.41, 5.74) is 3.27. The summed E-state index contributed by atoms with van der Waals surface area (Å²) in [5, 5.41) is 3.45. The molecule has 0 unspecified atom stereocenters. The van der Waals surface area contributed by atoms with Crippen LogP contribution in [0.25, 0.3) is 32.9 Å². The number of aromatic nitrogens is 2. The van der Waals surface area contributed by atoms with Crippen molar-refractivity contribution in [1.29, 1.82) is 0 Å². The van der Waals surface area contributed by atoms with Crippen molar-refractivity contribution in [1.82, 2.24) is 9.97 Å². The average molecular weight is 243 g/mol. The molecule has 2 aromatic carbocycles. The molecule has 2 aromatic heterocycles. The lowest BCUT2D eigenvalue weighted by atomic mass is 10.0. The number of nitrogens with one attached hydrogen (secondary N) is 1. The normalized spacial score (nSPS) is 11.2. The van der Waals surface area contributed by atoms with Gasteiger partial charge in [-0.25, -0.2) is 0 Å². The Balaban J connectivity index is 2.03. The van der Waals surface area contributed by atoms with E-state index in [0.717, 1.165) is 27.5 Å². The maximum Gasteiger partial charge on any atom is 0.0781 e. The molecule has 2 nitrogen and oxygen atoms in total. The zero-order chi connectivity index (χ0) is 12.7. The summed E-state index contributed by atoms with van der Waals surface area (Å²) >= 11 is 0. The lowest BCUT2D eigenvalue weighted by molar-refractivity contribution is 1.36. The molecule has 0 fully saturated rings. The molecule has 19 heavy (non-hydrogen) atoms. The maximum atomic E-state index is 4.53. The second-order valence-corrected chi connectivity index (χ2v) is 4.57. The minimum Gasteiger partial charge on any atom is -0.361 e. The molecule has 2 heterocycles. The second kappa shape index (κ2) is 3.95. The van der Waals surface area contributed by atoms with Crippen LogP contribution in [0.3, 0.4) is 0 Å². The monoisotopic (exact) mass is 243 g/mol. The topological polar surface area (TPSA) is 28.7 Å². The van der Waals surface area contributed by atoms with Crippen molar-refractivity contribution in [3.63, 3.8) is 0 Å². The third kappa shape index (κ3) is 1.61. The van der Waals surface area contributed by atoms with Gasteiger partial charge in [0.15, 0.2) is 0 Å². The van der Waals surface area contributed by atoms with Crippen LogP contribution in [-0.4, -0.2) is 9.97 Å². The van der Waals surface area contributed by atoms with Gasteiger partial charge in [-0.2, -0.15) is 0 Å². The molecule has 2 heteroatoms. The summed E-state index contributed by atoms with van der Waals surface area (Å²) in [4.78, 5) is 7.78. The zero-order valence-electron chi connectivity index (χ0n) is 10.2. The van der Waals surface area contributed by atoms with Crippen molar-refractivity contribution in [3.8, 4) is 11.3 Å². The van der Waals surface area contributed by atoms with Crippen LogP contribution in [0.15, 0.2) is 60.9 Å². The molecule has 0 saturated carbocycles. The average Bonchev–Trinajstić information content (AvgIpc) is 2.94. The van der Waals surface area contributed by atoms with Crippen LogP contribution in [0, 0.1) is 6.07 Å². The van der Waals surface area contributed by atoms with Crippen LogP contribution in [-0.2, 0) is 0 Å². The summed E-state index contributed by atoms with van der Waals surface area (Å²) in [6.07, 6.45) is 3.80. The van der Waals surface area contributed by atoms with Crippen molar-refractivity contribution >= 4 is 21.7 Å². The largest absolute Gasteiger partial charge is 0.361 e. The Kier molecular flexibility index (Phi) is 2.15. The number of pyridine rings is 1. The molecule has 1 N–H and O–H groups in total. The molecule has 4 aromatic rings. The van der Waals surface area contributed by atoms with Gasteiger partial charge >= 0.3 is 0 Å². The summed E-state index contributed by atoms with van der Waals surface area (Å²) in [6.45, 7) is 0. The van der Waals surface area contributed by atoms with Crippen LogP contribution in [0.2, 0.25) is 0 Å². The first-order chi connectivity index (χ1) is 9.42. The minimum absolute atomic E-state index is 1.01. The fourth-order valence-corrected chi connectivity index (χ4v) is 2.48. The van der Waals surface area contributed by atoms with E-state index in [1.165, 1.54) is 5.39 Å². The van der Waals surface area contributed by atoms with Crippen LogP contribution >= 0.6 is 0 Å². The van der Waals surface area contributed by atoms with Crippen molar-refractivity contribution in [2.24, 2.45) is 0 Å². The molecule has 0 spiro atoms. The van der Waals surface area contributed by atoms with Crippen LogP contribution in [0.1, 0.15) is 0 Å². The van der Waals surface area contributed by atoms with Crippen LogP contribution in [0.4, 0.5) is 0 Å². The summed E-state index contributed by atoms with van der Waals surface area (Å²) < 4.78 is 0. The van der Waals surface area contributed by atoms with Crippen molar-refractivity contribution < 1.29 is 0 Å². The Morgan fingerprint density at radius 2 is 2.05 bits per heavy atom. The molecule has 0 aliphatic rings. The van der Waals surface area contributed by atoms with E-state index >= 15 is 0 Å². The standard InChI is InChI=1S/C17H11N2/c1-2-4-15-12(3-1)7-10-19-17(15)14-6-5-13-8-9-18-16(13)11-14/h1-2,4-11,18H. The maximum absolute atomic E-state index is 4.53. The summed E-state index contributed by atoms with van der Waals surface area (Å²) in [5.74, 6) is 0. The van der Waals surface area contributed by atoms with Gasteiger partial charge < -0.3 is 4.98 Å². The molecule has 0 saturated heterocycles. The van der Waals surface area contributed by atoms with Gasteiger partial charge in [-0.3, -0.25) is 4.98 Å². The number of hydrogen-bond acceptors (Lipinski definition) is 1. The zero-order valence-corrected chi connectivity index (χ0v) is 10.2. The Hall–Kier alpha value is -2.61. The van der Waals surface area contributed by atoms with Crippen molar-refractivity contribution in [2.75, 3.05) is 0 Å². The Labute approximate surface area is 110 Å². The molecule has 0 amide bonds. The van der Waals surface area contributed by atoms with E-state index in [1.54, 1.807) is 0 Å². The summed E-state index contributed by atoms with van der Waals surface area (Å²) in [6, 6.07) is 19.7. The number of aromatic amines is 1. The molecular weight excluding hydrogens is 232 g/mol. The number of H-pyrrole nitrogens is 1. The highest BCUT2D eigenvalue weighted by Gasteiger charge is 2.06. The van der Waals surface area contributed by atoms with E-state index in [1.807, 2.05) is 30.6 Å². The highest BCUT2D eigenvalue weighted by atomic mass is 14.7. The highest BCUT2D eigenvalue weighted by molar-refractivity contribution is 5.96. The van der Waals surface area contributed by atoms with Gasteiger partial charge in [0.1, 0.15) is 0 Å². The first kappa shape index (κ1) is 10.3. The fraction of sp³-hybridized carbons (Fsp3) is 0.